The molecule has 1 amide bonds. The van der Waals surface area contributed by atoms with Crippen molar-refractivity contribution in [3.8, 4) is 0 Å². The van der Waals surface area contributed by atoms with Gasteiger partial charge in [-0.3, -0.25) is 4.79 Å². The summed E-state index contributed by atoms with van der Waals surface area (Å²) in [5.41, 5.74) is 0.448. The fourth-order valence-electron chi connectivity index (χ4n) is 1.95. The summed E-state index contributed by atoms with van der Waals surface area (Å²) >= 11 is 0. The summed E-state index contributed by atoms with van der Waals surface area (Å²) in [6.45, 7) is 1.52. The van der Waals surface area contributed by atoms with Gasteiger partial charge < -0.3 is 15.4 Å². The number of carbonyl (C=O) groups is 1. The van der Waals surface area contributed by atoms with Gasteiger partial charge in [-0.2, -0.15) is 13.2 Å². The topological polar surface area (TPSA) is 50.4 Å². The normalized spacial score (nSPS) is 19.6. The molecule has 1 atom stereocenters. The second kappa shape index (κ2) is 6.23. The molecule has 0 bridgehead atoms. The average molecular weight is 288 g/mol. The monoisotopic (exact) mass is 288 g/mol. The van der Waals surface area contributed by atoms with Crippen LogP contribution in [0.25, 0.3) is 0 Å². The maximum absolute atomic E-state index is 12.3. The number of benzene rings is 1. The third-order valence-electron chi connectivity index (χ3n) is 2.82. The Morgan fingerprint density at radius 1 is 1.45 bits per heavy atom. The van der Waals surface area contributed by atoms with Crippen LogP contribution in [-0.4, -0.2) is 37.9 Å². The highest BCUT2D eigenvalue weighted by Crippen LogP contribution is 2.23. The molecule has 110 valence electrons. The summed E-state index contributed by atoms with van der Waals surface area (Å²) < 4.78 is 42.2. The molecule has 1 aliphatic heterocycles. The van der Waals surface area contributed by atoms with Crippen LogP contribution in [0.1, 0.15) is 5.56 Å². The first-order chi connectivity index (χ1) is 9.44. The van der Waals surface area contributed by atoms with E-state index in [0.717, 1.165) is 0 Å². The lowest BCUT2D eigenvalue weighted by atomic mass is 10.1. The van der Waals surface area contributed by atoms with E-state index in [0.29, 0.717) is 25.4 Å². The standard InChI is InChI=1S/C13H15F3N2O2/c14-13(15,16)7-9-2-1-3-10(6-9)18-12(19)11-8-17-4-5-20-11/h1-3,6,11,17H,4-5,7-8H2,(H,18,19). The third-order valence-corrected chi connectivity index (χ3v) is 2.82. The molecule has 1 unspecified atom stereocenters. The van der Waals surface area contributed by atoms with Crippen molar-refractivity contribution >= 4 is 11.6 Å². The summed E-state index contributed by atoms with van der Waals surface area (Å²) in [5, 5.41) is 5.58. The average Bonchev–Trinajstić information content (AvgIpc) is 2.38. The third kappa shape index (κ3) is 4.50. The number of nitrogens with one attached hydrogen (secondary N) is 2. The van der Waals surface area contributed by atoms with Crippen molar-refractivity contribution in [3.05, 3.63) is 29.8 Å². The van der Waals surface area contributed by atoms with Gasteiger partial charge in [0.2, 0.25) is 0 Å². The van der Waals surface area contributed by atoms with Gasteiger partial charge in [-0.05, 0) is 17.7 Å². The quantitative estimate of drug-likeness (QED) is 0.890. The molecule has 1 aromatic rings. The Morgan fingerprint density at radius 2 is 2.25 bits per heavy atom. The number of hydrogen-bond acceptors (Lipinski definition) is 3. The predicted molar refractivity (Wildman–Crippen MR) is 67.4 cm³/mol. The number of rotatable bonds is 3. The van der Waals surface area contributed by atoms with Gasteiger partial charge in [-0.1, -0.05) is 12.1 Å². The van der Waals surface area contributed by atoms with E-state index in [-0.39, 0.29) is 11.5 Å². The molecule has 2 rings (SSSR count). The summed E-state index contributed by atoms with van der Waals surface area (Å²) in [4.78, 5) is 11.9. The molecule has 1 fully saturated rings. The molecule has 2 N–H and O–H groups in total. The molecule has 1 heterocycles. The van der Waals surface area contributed by atoms with Crippen LogP contribution in [0, 0.1) is 0 Å². The number of anilines is 1. The minimum absolute atomic E-state index is 0.109. The summed E-state index contributed by atoms with van der Waals surface area (Å²) in [6.07, 6.45) is -5.90. The first-order valence-electron chi connectivity index (χ1n) is 6.23. The number of ether oxygens (including phenoxy) is 1. The summed E-state index contributed by atoms with van der Waals surface area (Å²) in [5.74, 6) is -0.360. The lowest BCUT2D eigenvalue weighted by Gasteiger charge is -2.22. The summed E-state index contributed by atoms with van der Waals surface area (Å²) in [6, 6.07) is 5.73. The lowest BCUT2D eigenvalue weighted by molar-refractivity contribution is -0.128. The molecule has 0 radical (unpaired) electrons. The number of amides is 1. The van der Waals surface area contributed by atoms with Crippen molar-refractivity contribution < 1.29 is 22.7 Å². The zero-order valence-electron chi connectivity index (χ0n) is 10.7. The van der Waals surface area contributed by atoms with Crippen molar-refractivity contribution in [1.29, 1.82) is 0 Å². The van der Waals surface area contributed by atoms with Crippen LogP contribution in [0.15, 0.2) is 24.3 Å². The molecule has 0 spiro atoms. The molecule has 0 aliphatic carbocycles. The molecular formula is C13H15F3N2O2. The molecule has 1 aromatic carbocycles. The maximum Gasteiger partial charge on any atom is 0.393 e. The van der Waals surface area contributed by atoms with E-state index in [1.807, 2.05) is 0 Å². The minimum Gasteiger partial charge on any atom is -0.366 e. The van der Waals surface area contributed by atoms with Crippen molar-refractivity contribution in [2.24, 2.45) is 0 Å². The van der Waals surface area contributed by atoms with Crippen LogP contribution in [-0.2, 0) is 16.0 Å². The van der Waals surface area contributed by atoms with Crippen LogP contribution in [0.5, 0.6) is 0 Å². The van der Waals surface area contributed by atoms with E-state index in [4.69, 9.17) is 4.74 Å². The van der Waals surface area contributed by atoms with Crippen LogP contribution in [0.4, 0.5) is 18.9 Å². The second-order valence-electron chi connectivity index (χ2n) is 4.55. The Hall–Kier alpha value is -1.60. The van der Waals surface area contributed by atoms with Crippen molar-refractivity contribution in [2.45, 2.75) is 18.7 Å². The molecule has 4 nitrogen and oxygen atoms in total. The zero-order valence-corrected chi connectivity index (χ0v) is 10.7. The van der Waals surface area contributed by atoms with Gasteiger partial charge in [0.05, 0.1) is 13.0 Å². The van der Waals surface area contributed by atoms with Gasteiger partial charge in [0.25, 0.3) is 5.91 Å². The number of hydrogen-bond donors (Lipinski definition) is 2. The second-order valence-corrected chi connectivity index (χ2v) is 4.55. The fraction of sp³-hybridized carbons (Fsp3) is 0.462. The Morgan fingerprint density at radius 3 is 2.90 bits per heavy atom. The van der Waals surface area contributed by atoms with Crippen molar-refractivity contribution in [3.63, 3.8) is 0 Å². The molecule has 0 saturated carbocycles. The predicted octanol–water partition coefficient (Wildman–Crippen LogP) is 1.72. The van der Waals surface area contributed by atoms with Gasteiger partial charge in [0.1, 0.15) is 6.10 Å². The summed E-state index contributed by atoms with van der Waals surface area (Å²) in [7, 11) is 0. The first-order valence-corrected chi connectivity index (χ1v) is 6.23. The van der Waals surface area contributed by atoms with Gasteiger partial charge in [-0.25, -0.2) is 0 Å². The lowest BCUT2D eigenvalue weighted by Crippen LogP contribution is -2.45. The number of alkyl halides is 3. The highest BCUT2D eigenvalue weighted by atomic mass is 19.4. The van der Waals surface area contributed by atoms with Crippen molar-refractivity contribution in [1.82, 2.24) is 5.32 Å². The van der Waals surface area contributed by atoms with Crippen LogP contribution in [0.3, 0.4) is 0 Å². The number of halogens is 3. The molecule has 0 aromatic heterocycles. The molecular weight excluding hydrogens is 273 g/mol. The van der Waals surface area contributed by atoms with Gasteiger partial charge in [0.15, 0.2) is 0 Å². The van der Waals surface area contributed by atoms with Gasteiger partial charge >= 0.3 is 6.18 Å². The van der Waals surface area contributed by atoms with E-state index < -0.39 is 18.7 Å². The van der Waals surface area contributed by atoms with E-state index in [1.165, 1.54) is 18.2 Å². The minimum atomic E-state index is -4.26. The Labute approximate surface area is 114 Å². The Bertz CT molecular complexity index is 471. The van der Waals surface area contributed by atoms with E-state index in [1.54, 1.807) is 6.07 Å². The van der Waals surface area contributed by atoms with E-state index in [9.17, 15) is 18.0 Å². The van der Waals surface area contributed by atoms with Crippen LogP contribution in [0.2, 0.25) is 0 Å². The van der Waals surface area contributed by atoms with Crippen LogP contribution < -0.4 is 10.6 Å². The number of carbonyl (C=O) groups excluding carboxylic acids is 1. The van der Waals surface area contributed by atoms with Crippen LogP contribution >= 0.6 is 0 Å². The molecule has 1 aliphatic rings. The van der Waals surface area contributed by atoms with E-state index >= 15 is 0 Å². The fourth-order valence-corrected chi connectivity index (χ4v) is 1.95. The highest BCUT2D eigenvalue weighted by Gasteiger charge is 2.28. The largest absolute Gasteiger partial charge is 0.393 e. The van der Waals surface area contributed by atoms with Gasteiger partial charge in [0, 0.05) is 18.8 Å². The highest BCUT2D eigenvalue weighted by molar-refractivity contribution is 5.94. The Balaban J connectivity index is 1.98. The first kappa shape index (κ1) is 14.8. The molecule has 1 saturated heterocycles. The molecule has 20 heavy (non-hydrogen) atoms. The zero-order chi connectivity index (χ0) is 14.6. The van der Waals surface area contributed by atoms with Crippen molar-refractivity contribution in [2.75, 3.05) is 25.0 Å². The van der Waals surface area contributed by atoms with E-state index in [2.05, 4.69) is 10.6 Å². The smallest absolute Gasteiger partial charge is 0.366 e. The Kier molecular flexibility index (Phi) is 4.61. The van der Waals surface area contributed by atoms with Gasteiger partial charge in [-0.15, -0.1) is 0 Å². The molecule has 7 heteroatoms. The SMILES string of the molecule is O=C(Nc1cccc(CC(F)(F)F)c1)C1CNCCO1. The maximum atomic E-state index is 12.3. The number of morpholine rings is 1.